The molecule has 0 aliphatic carbocycles. The number of anilines is 2. The summed E-state index contributed by atoms with van der Waals surface area (Å²) in [5, 5.41) is 7.42. The molecule has 0 unspecified atom stereocenters. The molecule has 0 aliphatic heterocycles. The number of hydrogen-bond donors (Lipinski definition) is 2. The topological polar surface area (TPSA) is 68.8 Å². The molecule has 0 atom stereocenters. The Morgan fingerprint density at radius 2 is 2.29 bits per heavy atom. The number of aryl methyl sites for hydroxylation is 2. The Hall–Kier alpha value is -1.95. The molecular weight excluding hydrogens is 234 g/mol. The minimum atomic E-state index is 0.360. The summed E-state index contributed by atoms with van der Waals surface area (Å²) in [6, 6.07) is 3.60. The van der Waals surface area contributed by atoms with Crippen LogP contribution in [0.4, 0.5) is 11.5 Å². The van der Waals surface area contributed by atoms with Crippen molar-refractivity contribution in [3.63, 3.8) is 0 Å². The fraction of sp³-hybridized carbons (Fsp3) is 0.182. The smallest absolute Gasteiger partial charge is 0.131 e. The van der Waals surface area contributed by atoms with Gasteiger partial charge in [0.05, 0.1) is 11.4 Å². The first-order valence-corrected chi connectivity index (χ1v) is 5.50. The Morgan fingerprint density at radius 1 is 1.53 bits per heavy atom. The van der Waals surface area contributed by atoms with Gasteiger partial charge in [0.2, 0.25) is 0 Å². The van der Waals surface area contributed by atoms with Gasteiger partial charge in [0.25, 0.3) is 0 Å². The van der Waals surface area contributed by atoms with E-state index in [1.807, 2.05) is 26.2 Å². The molecular formula is C11H13N5S. The van der Waals surface area contributed by atoms with Gasteiger partial charge in [0.1, 0.15) is 10.8 Å². The highest BCUT2D eigenvalue weighted by molar-refractivity contribution is 7.80. The van der Waals surface area contributed by atoms with Crippen LogP contribution >= 0.6 is 12.2 Å². The standard InChI is InChI=1S/C11H13N5S/c1-7-9(6-16(2)15-7)14-10-5-8(11(12)17)3-4-13-10/h3-6H,1-2H3,(H2,12,17)(H,13,14). The molecule has 17 heavy (non-hydrogen) atoms. The number of rotatable bonds is 3. The maximum Gasteiger partial charge on any atom is 0.131 e. The molecule has 0 amide bonds. The average Bonchev–Trinajstić information content (AvgIpc) is 2.58. The fourth-order valence-corrected chi connectivity index (χ4v) is 1.64. The summed E-state index contributed by atoms with van der Waals surface area (Å²) in [6.07, 6.45) is 3.56. The molecule has 6 heteroatoms. The van der Waals surface area contributed by atoms with E-state index in [0.29, 0.717) is 10.8 Å². The second-order valence-electron chi connectivity index (χ2n) is 3.72. The zero-order chi connectivity index (χ0) is 12.4. The minimum Gasteiger partial charge on any atom is -0.389 e. The van der Waals surface area contributed by atoms with Crippen molar-refractivity contribution in [2.24, 2.45) is 12.8 Å². The van der Waals surface area contributed by atoms with Crippen molar-refractivity contribution < 1.29 is 0 Å². The molecule has 2 rings (SSSR count). The summed E-state index contributed by atoms with van der Waals surface area (Å²) in [5.41, 5.74) is 8.19. The van der Waals surface area contributed by atoms with Crippen molar-refractivity contribution in [3.8, 4) is 0 Å². The lowest BCUT2D eigenvalue weighted by Gasteiger charge is -2.05. The van der Waals surface area contributed by atoms with Crippen LogP contribution < -0.4 is 11.1 Å². The van der Waals surface area contributed by atoms with E-state index in [-0.39, 0.29) is 0 Å². The highest BCUT2D eigenvalue weighted by atomic mass is 32.1. The first-order chi connectivity index (χ1) is 8.06. The van der Waals surface area contributed by atoms with Gasteiger partial charge in [0, 0.05) is 25.0 Å². The van der Waals surface area contributed by atoms with E-state index in [1.54, 1.807) is 16.9 Å². The highest BCUT2D eigenvalue weighted by Gasteiger charge is 2.05. The molecule has 0 aromatic carbocycles. The van der Waals surface area contributed by atoms with Gasteiger partial charge in [0.15, 0.2) is 0 Å². The van der Waals surface area contributed by atoms with Gasteiger partial charge in [-0.3, -0.25) is 4.68 Å². The molecule has 0 fully saturated rings. The molecule has 0 saturated heterocycles. The van der Waals surface area contributed by atoms with Gasteiger partial charge in [-0.15, -0.1) is 0 Å². The van der Waals surface area contributed by atoms with E-state index in [9.17, 15) is 0 Å². The molecule has 2 heterocycles. The fourth-order valence-electron chi connectivity index (χ4n) is 1.51. The molecule has 0 aliphatic rings. The van der Waals surface area contributed by atoms with Crippen LogP contribution in [-0.2, 0) is 7.05 Å². The largest absolute Gasteiger partial charge is 0.389 e. The lowest BCUT2D eigenvalue weighted by atomic mass is 10.2. The van der Waals surface area contributed by atoms with Crippen molar-refractivity contribution in [2.45, 2.75) is 6.92 Å². The minimum absolute atomic E-state index is 0.360. The molecule has 2 aromatic heterocycles. The van der Waals surface area contributed by atoms with Crippen LogP contribution in [0.1, 0.15) is 11.3 Å². The van der Waals surface area contributed by atoms with Crippen LogP contribution in [0.15, 0.2) is 24.5 Å². The lowest BCUT2D eigenvalue weighted by molar-refractivity contribution is 0.756. The van der Waals surface area contributed by atoms with E-state index in [4.69, 9.17) is 18.0 Å². The van der Waals surface area contributed by atoms with Crippen LogP contribution in [0.5, 0.6) is 0 Å². The van der Waals surface area contributed by atoms with Crippen molar-refractivity contribution in [3.05, 3.63) is 35.8 Å². The maximum absolute atomic E-state index is 5.57. The molecule has 0 saturated carbocycles. The highest BCUT2D eigenvalue weighted by Crippen LogP contribution is 2.17. The number of thiocarbonyl (C=S) groups is 1. The average molecular weight is 247 g/mol. The maximum atomic E-state index is 5.57. The molecule has 0 spiro atoms. The number of nitrogens with two attached hydrogens (primary N) is 1. The Labute approximate surface area is 105 Å². The third-order valence-electron chi connectivity index (χ3n) is 2.32. The Balaban J connectivity index is 2.27. The molecule has 0 bridgehead atoms. The van der Waals surface area contributed by atoms with Gasteiger partial charge >= 0.3 is 0 Å². The summed E-state index contributed by atoms with van der Waals surface area (Å²) in [4.78, 5) is 4.56. The van der Waals surface area contributed by atoms with Crippen molar-refractivity contribution in [1.29, 1.82) is 0 Å². The number of nitrogens with zero attached hydrogens (tertiary/aromatic N) is 3. The number of pyridine rings is 1. The van der Waals surface area contributed by atoms with Gasteiger partial charge < -0.3 is 11.1 Å². The number of nitrogens with one attached hydrogen (secondary N) is 1. The van der Waals surface area contributed by atoms with E-state index < -0.39 is 0 Å². The molecule has 2 aromatic rings. The Bertz CT molecular complexity index is 561. The van der Waals surface area contributed by atoms with Crippen LogP contribution in [0.2, 0.25) is 0 Å². The summed E-state index contributed by atoms with van der Waals surface area (Å²) in [5.74, 6) is 0.700. The van der Waals surface area contributed by atoms with Gasteiger partial charge in [-0.1, -0.05) is 12.2 Å². The molecule has 0 radical (unpaired) electrons. The second kappa shape index (κ2) is 4.50. The summed E-state index contributed by atoms with van der Waals surface area (Å²) >= 11 is 4.92. The summed E-state index contributed by atoms with van der Waals surface area (Å²) in [6.45, 7) is 1.93. The van der Waals surface area contributed by atoms with Crippen LogP contribution in [0.3, 0.4) is 0 Å². The van der Waals surface area contributed by atoms with E-state index >= 15 is 0 Å². The van der Waals surface area contributed by atoms with Gasteiger partial charge in [-0.25, -0.2) is 4.98 Å². The van der Waals surface area contributed by atoms with Crippen molar-refractivity contribution in [2.75, 3.05) is 5.32 Å². The predicted octanol–water partition coefficient (Wildman–Crippen LogP) is 1.50. The number of hydrogen-bond acceptors (Lipinski definition) is 4. The molecule has 88 valence electrons. The summed E-state index contributed by atoms with van der Waals surface area (Å²) in [7, 11) is 1.87. The normalized spacial score (nSPS) is 10.2. The second-order valence-corrected chi connectivity index (χ2v) is 4.16. The Morgan fingerprint density at radius 3 is 2.88 bits per heavy atom. The molecule has 5 nitrogen and oxygen atoms in total. The number of aromatic nitrogens is 3. The predicted molar refractivity (Wildman–Crippen MR) is 71.4 cm³/mol. The first-order valence-electron chi connectivity index (χ1n) is 5.09. The van der Waals surface area contributed by atoms with E-state index in [1.165, 1.54) is 0 Å². The van der Waals surface area contributed by atoms with Crippen molar-refractivity contribution in [1.82, 2.24) is 14.8 Å². The third-order valence-corrected chi connectivity index (χ3v) is 2.56. The van der Waals surface area contributed by atoms with Crippen molar-refractivity contribution >= 4 is 28.7 Å². The quantitative estimate of drug-likeness (QED) is 0.804. The third kappa shape index (κ3) is 2.59. The van der Waals surface area contributed by atoms with Crippen LogP contribution in [-0.4, -0.2) is 19.8 Å². The SMILES string of the molecule is Cc1nn(C)cc1Nc1cc(C(N)=S)ccn1. The van der Waals surface area contributed by atoms with E-state index in [2.05, 4.69) is 15.4 Å². The Kier molecular flexibility index (Phi) is 3.06. The molecule has 3 N–H and O–H groups in total. The zero-order valence-corrected chi connectivity index (χ0v) is 10.5. The van der Waals surface area contributed by atoms with Crippen LogP contribution in [0.25, 0.3) is 0 Å². The zero-order valence-electron chi connectivity index (χ0n) is 9.64. The van der Waals surface area contributed by atoms with Gasteiger partial charge in [-0.2, -0.15) is 5.10 Å². The monoisotopic (exact) mass is 247 g/mol. The summed E-state index contributed by atoms with van der Waals surface area (Å²) < 4.78 is 1.75. The lowest BCUT2D eigenvalue weighted by Crippen LogP contribution is -2.09. The first kappa shape index (κ1) is 11.5. The van der Waals surface area contributed by atoms with Crippen LogP contribution in [0, 0.1) is 6.92 Å². The van der Waals surface area contributed by atoms with E-state index in [0.717, 1.165) is 16.9 Å². The van der Waals surface area contributed by atoms with Gasteiger partial charge in [-0.05, 0) is 19.1 Å².